The predicted octanol–water partition coefficient (Wildman–Crippen LogP) is 3.59. The Balaban J connectivity index is 1.36. The SMILES string of the molecule is CN1CCN(c2ccc(-c3ccc(/C=C4/C(=O)Nc5ccccc54)o3)cn2)CC1. The number of hydrogen-bond donors (Lipinski definition) is 1. The van der Waals surface area contributed by atoms with Crippen LogP contribution in [0.3, 0.4) is 0 Å². The van der Waals surface area contributed by atoms with Gasteiger partial charge in [0.25, 0.3) is 5.91 Å². The van der Waals surface area contributed by atoms with Gasteiger partial charge in [0, 0.05) is 49.2 Å². The number of pyridine rings is 1. The summed E-state index contributed by atoms with van der Waals surface area (Å²) in [5.74, 6) is 2.27. The second-order valence-corrected chi connectivity index (χ2v) is 7.46. The molecule has 0 saturated carbocycles. The van der Waals surface area contributed by atoms with Crippen molar-refractivity contribution in [3.05, 3.63) is 66.1 Å². The van der Waals surface area contributed by atoms with Crippen LogP contribution < -0.4 is 10.2 Å². The lowest BCUT2D eigenvalue weighted by atomic mass is 10.1. The minimum absolute atomic E-state index is 0.109. The van der Waals surface area contributed by atoms with Crippen molar-refractivity contribution in [3.63, 3.8) is 0 Å². The Bertz CT molecular complexity index is 1080. The van der Waals surface area contributed by atoms with Gasteiger partial charge in [0.15, 0.2) is 0 Å². The topological polar surface area (TPSA) is 61.6 Å². The Morgan fingerprint density at radius 1 is 1.03 bits per heavy atom. The molecule has 2 aromatic heterocycles. The average Bonchev–Trinajstić information content (AvgIpc) is 3.34. The molecule has 1 amide bonds. The smallest absolute Gasteiger partial charge is 0.256 e. The van der Waals surface area contributed by atoms with Gasteiger partial charge < -0.3 is 19.5 Å². The average molecular weight is 386 g/mol. The molecule has 1 fully saturated rings. The summed E-state index contributed by atoms with van der Waals surface area (Å²) in [7, 11) is 2.14. The van der Waals surface area contributed by atoms with E-state index in [2.05, 4.69) is 27.1 Å². The maximum atomic E-state index is 12.3. The fourth-order valence-corrected chi connectivity index (χ4v) is 3.76. The van der Waals surface area contributed by atoms with Gasteiger partial charge in [-0.15, -0.1) is 0 Å². The van der Waals surface area contributed by atoms with E-state index in [1.807, 2.05) is 54.7 Å². The lowest BCUT2D eigenvalue weighted by molar-refractivity contribution is -0.110. The van der Waals surface area contributed by atoms with Crippen LogP contribution in [0.5, 0.6) is 0 Å². The van der Waals surface area contributed by atoms with Gasteiger partial charge in [0.2, 0.25) is 0 Å². The molecule has 1 N–H and O–H groups in total. The summed E-state index contributed by atoms with van der Waals surface area (Å²) in [5, 5.41) is 2.88. The first-order valence-electron chi connectivity index (χ1n) is 9.79. The standard InChI is InChI=1S/C23H22N4O2/c1-26-10-12-27(13-11-26)22-9-6-16(15-24-22)21-8-7-17(29-21)14-19-18-4-2-3-5-20(18)25-23(19)28/h2-9,14-15H,10-13H2,1H3,(H,25,28)/b19-14+. The van der Waals surface area contributed by atoms with Crippen molar-refractivity contribution in [2.45, 2.75) is 0 Å². The van der Waals surface area contributed by atoms with E-state index in [0.717, 1.165) is 54.6 Å². The van der Waals surface area contributed by atoms with Crippen molar-refractivity contribution < 1.29 is 9.21 Å². The molecule has 0 unspecified atom stereocenters. The number of nitrogens with zero attached hydrogens (tertiary/aromatic N) is 3. The maximum Gasteiger partial charge on any atom is 0.256 e. The van der Waals surface area contributed by atoms with Crippen LogP contribution in [-0.2, 0) is 4.79 Å². The zero-order chi connectivity index (χ0) is 19.8. The highest BCUT2D eigenvalue weighted by Crippen LogP contribution is 2.33. The van der Waals surface area contributed by atoms with E-state index < -0.39 is 0 Å². The van der Waals surface area contributed by atoms with Crippen LogP contribution >= 0.6 is 0 Å². The van der Waals surface area contributed by atoms with E-state index in [0.29, 0.717) is 11.3 Å². The summed E-state index contributed by atoms with van der Waals surface area (Å²) in [6, 6.07) is 15.5. The number of carbonyl (C=O) groups excluding carboxylic acids is 1. The maximum absolute atomic E-state index is 12.3. The van der Waals surface area contributed by atoms with Gasteiger partial charge in [-0.05, 0) is 43.5 Å². The summed E-state index contributed by atoms with van der Waals surface area (Å²) in [5.41, 5.74) is 3.27. The second kappa shape index (κ2) is 7.22. The molecule has 1 saturated heterocycles. The molecular formula is C23H22N4O2. The molecule has 2 aliphatic heterocycles. The fraction of sp³-hybridized carbons (Fsp3) is 0.217. The molecule has 6 heteroatoms. The van der Waals surface area contributed by atoms with Gasteiger partial charge in [-0.25, -0.2) is 4.98 Å². The Morgan fingerprint density at radius 2 is 1.86 bits per heavy atom. The summed E-state index contributed by atoms with van der Waals surface area (Å²) in [6.45, 7) is 4.09. The second-order valence-electron chi connectivity index (χ2n) is 7.46. The van der Waals surface area contributed by atoms with E-state index in [1.165, 1.54) is 0 Å². The summed E-state index contributed by atoms with van der Waals surface area (Å²) < 4.78 is 5.98. The number of anilines is 2. The largest absolute Gasteiger partial charge is 0.457 e. The van der Waals surface area contributed by atoms with Gasteiger partial charge in [0.05, 0.1) is 5.57 Å². The van der Waals surface area contributed by atoms with E-state index >= 15 is 0 Å². The Morgan fingerprint density at radius 3 is 2.66 bits per heavy atom. The third kappa shape index (κ3) is 3.43. The minimum atomic E-state index is -0.109. The van der Waals surface area contributed by atoms with E-state index in [-0.39, 0.29) is 5.91 Å². The van der Waals surface area contributed by atoms with E-state index in [1.54, 1.807) is 6.08 Å². The van der Waals surface area contributed by atoms with Crippen LogP contribution in [0.15, 0.2) is 59.1 Å². The number of para-hydroxylation sites is 1. The third-order valence-corrected chi connectivity index (χ3v) is 5.48. The van der Waals surface area contributed by atoms with Crippen molar-refractivity contribution in [1.82, 2.24) is 9.88 Å². The van der Waals surface area contributed by atoms with Crippen LogP contribution in [0.2, 0.25) is 0 Å². The highest BCUT2D eigenvalue weighted by Gasteiger charge is 2.24. The Labute approximate surface area is 169 Å². The quantitative estimate of drug-likeness (QED) is 0.697. The van der Waals surface area contributed by atoms with E-state index in [4.69, 9.17) is 4.42 Å². The number of carbonyl (C=O) groups is 1. The number of fused-ring (bicyclic) bond motifs is 1. The van der Waals surface area contributed by atoms with Gasteiger partial charge in [-0.3, -0.25) is 4.79 Å². The Hall–Kier alpha value is -3.38. The van der Waals surface area contributed by atoms with Gasteiger partial charge in [0.1, 0.15) is 17.3 Å². The molecule has 4 heterocycles. The number of likely N-dealkylation sites (N-methyl/N-ethyl adjacent to an activating group) is 1. The summed E-state index contributed by atoms with van der Waals surface area (Å²) in [4.78, 5) is 21.5. The van der Waals surface area contributed by atoms with Crippen LogP contribution in [-0.4, -0.2) is 49.0 Å². The van der Waals surface area contributed by atoms with Crippen molar-refractivity contribution >= 4 is 29.1 Å². The number of aromatic nitrogens is 1. The Kier molecular flexibility index (Phi) is 4.41. The molecule has 0 radical (unpaired) electrons. The molecule has 0 atom stereocenters. The molecule has 0 spiro atoms. The van der Waals surface area contributed by atoms with Crippen molar-refractivity contribution in [2.24, 2.45) is 0 Å². The summed E-state index contributed by atoms with van der Waals surface area (Å²) in [6.07, 6.45) is 3.64. The number of hydrogen-bond acceptors (Lipinski definition) is 5. The van der Waals surface area contributed by atoms with Crippen LogP contribution in [0.25, 0.3) is 23.0 Å². The summed E-state index contributed by atoms with van der Waals surface area (Å²) >= 11 is 0. The number of nitrogens with one attached hydrogen (secondary N) is 1. The third-order valence-electron chi connectivity index (χ3n) is 5.48. The monoisotopic (exact) mass is 386 g/mol. The van der Waals surface area contributed by atoms with Crippen molar-refractivity contribution in [2.75, 3.05) is 43.4 Å². The van der Waals surface area contributed by atoms with Crippen LogP contribution in [0.1, 0.15) is 11.3 Å². The highest BCUT2D eigenvalue weighted by atomic mass is 16.3. The first kappa shape index (κ1) is 17.7. The zero-order valence-corrected chi connectivity index (χ0v) is 16.3. The van der Waals surface area contributed by atoms with Crippen molar-refractivity contribution in [3.8, 4) is 11.3 Å². The van der Waals surface area contributed by atoms with Crippen LogP contribution in [0, 0.1) is 0 Å². The molecule has 2 aliphatic rings. The molecule has 6 nitrogen and oxygen atoms in total. The molecule has 29 heavy (non-hydrogen) atoms. The van der Waals surface area contributed by atoms with Crippen molar-refractivity contribution in [1.29, 1.82) is 0 Å². The van der Waals surface area contributed by atoms with E-state index in [9.17, 15) is 4.79 Å². The molecule has 0 aliphatic carbocycles. The first-order valence-corrected chi connectivity index (χ1v) is 9.79. The zero-order valence-electron chi connectivity index (χ0n) is 16.3. The molecule has 3 aromatic rings. The lowest BCUT2D eigenvalue weighted by Crippen LogP contribution is -2.44. The molecule has 5 rings (SSSR count). The van der Waals surface area contributed by atoms with Crippen LogP contribution in [0.4, 0.5) is 11.5 Å². The number of rotatable bonds is 3. The number of furan rings is 1. The van der Waals surface area contributed by atoms with Gasteiger partial charge in [-0.2, -0.15) is 0 Å². The fourth-order valence-electron chi connectivity index (χ4n) is 3.76. The number of benzene rings is 1. The molecule has 146 valence electrons. The predicted molar refractivity (Wildman–Crippen MR) is 115 cm³/mol. The number of amides is 1. The molecule has 0 bridgehead atoms. The highest BCUT2D eigenvalue weighted by molar-refractivity contribution is 6.34. The molecule has 1 aromatic carbocycles. The molecular weight excluding hydrogens is 364 g/mol. The normalized spacial score (nSPS) is 18.2. The number of piperazine rings is 1. The van der Waals surface area contributed by atoms with Gasteiger partial charge in [-0.1, -0.05) is 18.2 Å². The minimum Gasteiger partial charge on any atom is -0.457 e. The lowest BCUT2D eigenvalue weighted by Gasteiger charge is -2.33. The van der Waals surface area contributed by atoms with Gasteiger partial charge >= 0.3 is 0 Å². The first-order chi connectivity index (χ1) is 14.2.